The van der Waals surface area contributed by atoms with E-state index in [-0.39, 0.29) is 5.91 Å². The Bertz CT molecular complexity index is 1190. The number of nitrogens with one attached hydrogen (secondary N) is 1. The molecule has 1 amide bonds. The highest BCUT2D eigenvalue weighted by Gasteiger charge is 2.20. The minimum Gasteiger partial charge on any atom is -0.497 e. The Morgan fingerprint density at radius 1 is 1.06 bits per heavy atom. The van der Waals surface area contributed by atoms with Crippen LogP contribution in [-0.2, 0) is 4.79 Å². The van der Waals surface area contributed by atoms with Crippen LogP contribution in [0, 0.1) is 0 Å². The zero-order valence-corrected chi connectivity index (χ0v) is 20.3. The molecule has 0 spiro atoms. The molecule has 174 valence electrons. The number of thiazole rings is 1. The maximum absolute atomic E-state index is 12.9. The van der Waals surface area contributed by atoms with E-state index in [1.807, 2.05) is 41.1 Å². The normalized spacial score (nSPS) is 14.2. The molecule has 1 aliphatic rings. The van der Waals surface area contributed by atoms with Gasteiger partial charge in [0.1, 0.15) is 22.3 Å². The quantitative estimate of drug-likeness (QED) is 0.416. The van der Waals surface area contributed by atoms with Crippen LogP contribution in [0.5, 0.6) is 5.75 Å². The lowest BCUT2D eigenvalue weighted by Crippen LogP contribution is -2.48. The first kappa shape index (κ1) is 22.5. The van der Waals surface area contributed by atoms with Crippen molar-refractivity contribution in [3.05, 3.63) is 59.4 Å². The largest absolute Gasteiger partial charge is 0.497 e. The van der Waals surface area contributed by atoms with Crippen LogP contribution in [0.15, 0.2) is 59.4 Å². The molecule has 0 aliphatic carbocycles. The Balaban J connectivity index is 1.23. The molecule has 1 fully saturated rings. The fraction of sp³-hybridized carbons (Fsp3) is 0.250. The van der Waals surface area contributed by atoms with Gasteiger partial charge in [-0.25, -0.2) is 15.0 Å². The molecule has 0 atom stereocenters. The van der Waals surface area contributed by atoms with Gasteiger partial charge in [-0.15, -0.1) is 22.7 Å². The Morgan fingerprint density at radius 3 is 2.68 bits per heavy atom. The smallest absolute Gasteiger partial charge is 0.239 e. The van der Waals surface area contributed by atoms with Gasteiger partial charge >= 0.3 is 0 Å². The van der Waals surface area contributed by atoms with Gasteiger partial charge < -0.3 is 15.0 Å². The first-order valence-corrected chi connectivity index (χ1v) is 12.7. The minimum atomic E-state index is -0.0873. The molecule has 3 aromatic heterocycles. The second kappa shape index (κ2) is 10.3. The van der Waals surface area contributed by atoms with Crippen molar-refractivity contribution in [3.63, 3.8) is 0 Å². The highest BCUT2D eigenvalue weighted by atomic mass is 32.1. The molecule has 4 aromatic rings. The van der Waals surface area contributed by atoms with Gasteiger partial charge in [0.15, 0.2) is 5.82 Å². The Hall–Kier alpha value is -3.34. The number of piperazine rings is 1. The number of hydrogen-bond acceptors (Lipinski definition) is 9. The molecule has 34 heavy (non-hydrogen) atoms. The van der Waals surface area contributed by atoms with E-state index < -0.39 is 0 Å². The molecule has 1 aliphatic heterocycles. The van der Waals surface area contributed by atoms with Crippen molar-refractivity contribution in [2.24, 2.45) is 0 Å². The lowest BCUT2D eigenvalue weighted by atomic mass is 10.2. The summed E-state index contributed by atoms with van der Waals surface area (Å²) in [6, 6.07) is 13.8. The topological polar surface area (TPSA) is 83.5 Å². The van der Waals surface area contributed by atoms with Crippen LogP contribution in [0.4, 0.5) is 11.5 Å². The van der Waals surface area contributed by atoms with Crippen molar-refractivity contribution >= 4 is 40.1 Å². The molecular weight excluding hydrogens is 468 g/mol. The summed E-state index contributed by atoms with van der Waals surface area (Å²) in [7, 11) is 1.68. The molecule has 0 saturated carbocycles. The van der Waals surface area contributed by atoms with Gasteiger partial charge in [-0.1, -0.05) is 12.1 Å². The maximum atomic E-state index is 12.9. The molecule has 0 radical (unpaired) electrons. The Labute approximate surface area is 205 Å². The Morgan fingerprint density at radius 2 is 1.94 bits per heavy atom. The number of thiophene rings is 1. The monoisotopic (exact) mass is 492 g/mol. The third-order valence-corrected chi connectivity index (χ3v) is 7.21. The van der Waals surface area contributed by atoms with Gasteiger partial charge in [-0.2, -0.15) is 0 Å². The summed E-state index contributed by atoms with van der Waals surface area (Å²) in [5, 5.41) is 7.66. The molecule has 8 nitrogen and oxygen atoms in total. The first-order valence-electron chi connectivity index (χ1n) is 10.9. The van der Waals surface area contributed by atoms with Crippen molar-refractivity contribution in [2.45, 2.75) is 0 Å². The summed E-state index contributed by atoms with van der Waals surface area (Å²) in [6.45, 7) is 3.63. The van der Waals surface area contributed by atoms with Crippen LogP contribution < -0.4 is 15.0 Å². The summed E-state index contributed by atoms with van der Waals surface area (Å²) in [6.07, 6.45) is 1.75. The third kappa shape index (κ3) is 5.24. The molecule has 1 N–H and O–H groups in total. The summed E-state index contributed by atoms with van der Waals surface area (Å²) in [5.41, 5.74) is 1.84. The average molecular weight is 493 g/mol. The van der Waals surface area contributed by atoms with Crippen LogP contribution in [0.1, 0.15) is 0 Å². The van der Waals surface area contributed by atoms with E-state index in [1.54, 1.807) is 30.7 Å². The molecule has 0 unspecified atom stereocenters. The lowest BCUT2D eigenvalue weighted by Gasteiger charge is -2.35. The van der Waals surface area contributed by atoms with E-state index in [0.29, 0.717) is 23.9 Å². The average Bonchev–Trinajstić information content (AvgIpc) is 3.59. The van der Waals surface area contributed by atoms with Gasteiger partial charge in [0, 0.05) is 55.6 Å². The van der Waals surface area contributed by atoms with Crippen LogP contribution >= 0.6 is 22.7 Å². The molecule has 1 saturated heterocycles. The Kier molecular flexibility index (Phi) is 6.79. The molecule has 0 bridgehead atoms. The van der Waals surface area contributed by atoms with Crippen molar-refractivity contribution in [1.29, 1.82) is 0 Å². The number of ether oxygens (including phenoxy) is 1. The predicted octanol–water partition coefficient (Wildman–Crippen LogP) is 4.10. The summed E-state index contributed by atoms with van der Waals surface area (Å²) < 4.78 is 5.34. The van der Waals surface area contributed by atoms with Crippen molar-refractivity contribution in [2.75, 3.05) is 50.1 Å². The van der Waals surface area contributed by atoms with Crippen molar-refractivity contribution < 1.29 is 9.53 Å². The van der Waals surface area contributed by atoms with E-state index >= 15 is 0 Å². The minimum absolute atomic E-state index is 0.0873. The zero-order chi connectivity index (χ0) is 23.3. The van der Waals surface area contributed by atoms with E-state index in [4.69, 9.17) is 4.74 Å². The summed E-state index contributed by atoms with van der Waals surface area (Å²) >= 11 is 3.07. The van der Waals surface area contributed by atoms with Gasteiger partial charge in [-0.05, 0) is 23.6 Å². The molecule has 4 heterocycles. The third-order valence-electron chi connectivity index (χ3n) is 5.54. The maximum Gasteiger partial charge on any atom is 0.239 e. The lowest BCUT2D eigenvalue weighted by molar-refractivity contribution is -0.117. The number of methoxy groups -OCH3 is 1. The number of amides is 1. The summed E-state index contributed by atoms with van der Waals surface area (Å²) in [5.74, 6) is 1.84. The van der Waals surface area contributed by atoms with E-state index in [0.717, 1.165) is 47.5 Å². The number of carbonyl (C=O) groups is 1. The highest BCUT2D eigenvalue weighted by Crippen LogP contribution is 2.28. The second-order valence-electron chi connectivity index (χ2n) is 7.79. The van der Waals surface area contributed by atoms with Crippen LogP contribution in [0.3, 0.4) is 0 Å². The van der Waals surface area contributed by atoms with Crippen molar-refractivity contribution in [1.82, 2.24) is 19.9 Å². The number of nitrogens with zero attached hydrogens (tertiary/aromatic N) is 5. The summed E-state index contributed by atoms with van der Waals surface area (Å²) in [4.78, 5) is 31.9. The number of anilines is 2. The standard InChI is InChI=1S/C24H24N6O2S2/c1-32-18-5-2-4-17(14-18)30-10-8-29(9-11-30)16-22(31)27-21-15-19(24-25-7-13-34-24)26-23(28-21)20-6-3-12-33-20/h2-7,12-15H,8-11,16H2,1H3,(H,26,27,28,31). The van der Waals surface area contributed by atoms with Gasteiger partial charge in [-0.3, -0.25) is 9.69 Å². The highest BCUT2D eigenvalue weighted by molar-refractivity contribution is 7.13. The van der Waals surface area contributed by atoms with E-state index in [9.17, 15) is 4.79 Å². The number of hydrogen-bond donors (Lipinski definition) is 1. The number of carbonyl (C=O) groups excluding carboxylic acids is 1. The van der Waals surface area contributed by atoms with Gasteiger partial charge in [0.2, 0.25) is 5.91 Å². The van der Waals surface area contributed by atoms with E-state index in [1.165, 1.54) is 11.3 Å². The van der Waals surface area contributed by atoms with Crippen LogP contribution in [-0.4, -0.2) is 65.6 Å². The fourth-order valence-electron chi connectivity index (χ4n) is 3.84. The number of aromatic nitrogens is 3. The van der Waals surface area contributed by atoms with Gasteiger partial charge in [0.25, 0.3) is 0 Å². The molecule has 5 rings (SSSR count). The molecule has 1 aromatic carbocycles. The second-order valence-corrected chi connectivity index (χ2v) is 9.63. The first-order chi connectivity index (χ1) is 16.7. The van der Waals surface area contributed by atoms with Gasteiger partial charge in [0.05, 0.1) is 18.5 Å². The molecular formula is C24H24N6O2S2. The SMILES string of the molecule is COc1cccc(N2CCN(CC(=O)Nc3cc(-c4nccs4)nc(-c4cccs4)n3)CC2)c1. The zero-order valence-electron chi connectivity index (χ0n) is 18.7. The van der Waals surface area contributed by atoms with Crippen LogP contribution in [0.2, 0.25) is 0 Å². The number of benzene rings is 1. The van der Waals surface area contributed by atoms with Crippen LogP contribution in [0.25, 0.3) is 21.4 Å². The van der Waals surface area contributed by atoms with E-state index in [2.05, 4.69) is 36.1 Å². The number of rotatable bonds is 7. The molecule has 10 heteroatoms. The fourth-order valence-corrected chi connectivity index (χ4v) is 5.10. The predicted molar refractivity (Wildman–Crippen MR) is 137 cm³/mol. The van der Waals surface area contributed by atoms with Crippen molar-refractivity contribution in [3.8, 4) is 27.2 Å².